The van der Waals surface area contributed by atoms with E-state index < -0.39 is 0 Å². The van der Waals surface area contributed by atoms with Gasteiger partial charge in [0.25, 0.3) is 0 Å². The minimum atomic E-state index is 0.0972. The number of quaternary nitrogens is 1. The van der Waals surface area contributed by atoms with Crippen LogP contribution in [0.1, 0.15) is 102 Å². The fourth-order valence-corrected chi connectivity index (χ4v) is 3.89. The molecular weight excluding hydrogens is 368 g/mol. The van der Waals surface area contributed by atoms with Crippen molar-refractivity contribution in [1.82, 2.24) is 0 Å². The van der Waals surface area contributed by atoms with E-state index in [9.17, 15) is 0 Å². The number of hydrogen-bond donors (Lipinski definition) is 2. The van der Waals surface area contributed by atoms with E-state index in [0.29, 0.717) is 6.54 Å². The van der Waals surface area contributed by atoms with E-state index in [1.807, 2.05) is 0 Å². The van der Waals surface area contributed by atoms with Gasteiger partial charge < -0.3 is 15.3 Å². The second kappa shape index (κ2) is 21.3. The fourth-order valence-electron chi connectivity index (χ4n) is 3.89. The quantitative estimate of drug-likeness (QED) is 0.205. The van der Waals surface area contributed by atoms with Crippen molar-refractivity contribution in [3.63, 3.8) is 0 Å². The Bertz CT molecular complexity index is 445. The molecule has 3 heteroatoms. The third-order valence-corrected chi connectivity index (χ3v) is 5.70. The molecule has 0 spiro atoms. The fraction of sp³-hybridized carbons (Fsp3) is 0.778. The Balaban J connectivity index is 0.00000192. The second-order valence-electron chi connectivity index (χ2n) is 9.41. The molecule has 176 valence electrons. The van der Waals surface area contributed by atoms with Gasteiger partial charge in [0, 0.05) is 12.1 Å². The Labute approximate surface area is 188 Å². The van der Waals surface area contributed by atoms with Crippen LogP contribution in [0.3, 0.4) is 0 Å². The van der Waals surface area contributed by atoms with Crippen LogP contribution in [0.4, 0.5) is 0 Å². The van der Waals surface area contributed by atoms with Crippen LogP contribution in [0.25, 0.3) is 0 Å². The van der Waals surface area contributed by atoms with Crippen LogP contribution in [0.5, 0.6) is 0 Å². The number of nitrogens with two attached hydrogens (primary N) is 1. The lowest BCUT2D eigenvalue weighted by Crippen LogP contribution is -2.39. The molecule has 0 bridgehead atoms. The third-order valence-electron chi connectivity index (χ3n) is 5.70. The molecule has 0 amide bonds. The smallest absolute Gasteiger partial charge is 0.104 e. The third kappa shape index (κ3) is 20.4. The van der Waals surface area contributed by atoms with Crippen LogP contribution < -0.4 is 5.73 Å². The Kier molecular flexibility index (Phi) is 20.7. The van der Waals surface area contributed by atoms with E-state index in [-0.39, 0.29) is 6.61 Å². The highest BCUT2D eigenvalue weighted by Gasteiger charge is 2.14. The number of unbranched alkanes of at least 4 members (excludes halogenated alkanes) is 13. The Morgan fingerprint density at radius 3 is 1.50 bits per heavy atom. The molecule has 0 fully saturated rings. The lowest BCUT2D eigenvalue weighted by Gasteiger charge is -2.30. The molecule has 0 radical (unpaired) electrons. The molecule has 30 heavy (non-hydrogen) atoms. The predicted octanol–water partition coefficient (Wildman–Crippen LogP) is 6.68. The van der Waals surface area contributed by atoms with Gasteiger partial charge in [-0.1, -0.05) is 114 Å². The molecule has 0 aromatic heterocycles. The average molecular weight is 422 g/mol. The highest BCUT2D eigenvalue weighted by atomic mass is 16.3. The van der Waals surface area contributed by atoms with Crippen LogP contribution >= 0.6 is 0 Å². The largest absolute Gasteiger partial charge is 0.395 e. The zero-order valence-electron chi connectivity index (χ0n) is 20.6. The lowest BCUT2D eigenvalue weighted by atomic mass is 10.0. The van der Waals surface area contributed by atoms with Crippen molar-refractivity contribution in [2.45, 2.75) is 103 Å². The summed E-state index contributed by atoms with van der Waals surface area (Å²) in [4.78, 5) is 0. The zero-order valence-corrected chi connectivity index (χ0v) is 20.6. The summed E-state index contributed by atoms with van der Waals surface area (Å²) in [7, 11) is 4.74. The van der Waals surface area contributed by atoms with Crippen molar-refractivity contribution in [3.8, 4) is 0 Å². The first-order chi connectivity index (χ1) is 14.6. The number of rotatable bonds is 18. The first-order valence-electron chi connectivity index (χ1n) is 12.7. The van der Waals surface area contributed by atoms with Gasteiger partial charge >= 0.3 is 0 Å². The molecule has 0 aliphatic carbocycles. The van der Waals surface area contributed by atoms with Gasteiger partial charge in [-0.25, -0.2) is 0 Å². The van der Waals surface area contributed by atoms with Crippen LogP contribution in [0.2, 0.25) is 0 Å². The second-order valence-corrected chi connectivity index (χ2v) is 9.41. The van der Waals surface area contributed by atoms with Crippen molar-refractivity contribution in [3.05, 3.63) is 35.9 Å². The molecule has 0 unspecified atom stereocenters. The molecular formula is C27H53N2O+. The number of aliphatic hydroxyl groups is 1. The molecule has 1 rings (SSSR count). The molecule has 0 heterocycles. The summed E-state index contributed by atoms with van der Waals surface area (Å²) in [5.74, 6) is 0. The van der Waals surface area contributed by atoms with Gasteiger partial charge in [0.05, 0.1) is 27.2 Å². The molecule has 3 N–H and O–H groups in total. The van der Waals surface area contributed by atoms with Crippen molar-refractivity contribution in [2.75, 3.05) is 33.8 Å². The van der Waals surface area contributed by atoms with Gasteiger partial charge in [-0.3, -0.25) is 0 Å². The van der Waals surface area contributed by atoms with E-state index in [2.05, 4.69) is 51.4 Å². The number of hydrogen-bond acceptors (Lipinski definition) is 2. The van der Waals surface area contributed by atoms with E-state index in [0.717, 1.165) is 11.0 Å². The van der Waals surface area contributed by atoms with Gasteiger partial charge in [0.1, 0.15) is 6.54 Å². The number of benzene rings is 1. The van der Waals surface area contributed by atoms with Gasteiger partial charge in [0.15, 0.2) is 0 Å². The van der Waals surface area contributed by atoms with E-state index >= 15 is 0 Å². The normalized spacial score (nSPS) is 11.2. The first-order valence-corrected chi connectivity index (χ1v) is 12.7. The van der Waals surface area contributed by atoms with Crippen molar-refractivity contribution in [1.29, 1.82) is 0 Å². The number of nitrogens with zero attached hydrogens (tertiary/aromatic N) is 1. The van der Waals surface area contributed by atoms with Crippen LogP contribution in [0.15, 0.2) is 30.3 Å². The summed E-state index contributed by atoms with van der Waals surface area (Å²) in [6.07, 6.45) is 20.2. The summed E-state index contributed by atoms with van der Waals surface area (Å²) < 4.78 is 1.11. The summed E-state index contributed by atoms with van der Waals surface area (Å²) in [6.45, 7) is 5.22. The Morgan fingerprint density at radius 1 is 0.700 bits per heavy atom. The van der Waals surface area contributed by atoms with Crippen LogP contribution in [0, 0.1) is 0 Å². The monoisotopic (exact) mass is 421 g/mol. The van der Waals surface area contributed by atoms with Gasteiger partial charge in [-0.15, -0.1) is 0 Å². The minimum absolute atomic E-state index is 0.0972. The van der Waals surface area contributed by atoms with Crippen molar-refractivity contribution >= 4 is 0 Å². The van der Waals surface area contributed by atoms with E-state index in [4.69, 9.17) is 10.8 Å². The molecule has 0 aliphatic heterocycles. The maximum Gasteiger partial charge on any atom is 0.104 e. The van der Waals surface area contributed by atoms with Gasteiger partial charge in [-0.2, -0.15) is 0 Å². The summed E-state index contributed by atoms with van der Waals surface area (Å²) in [6, 6.07) is 10.9. The summed E-state index contributed by atoms with van der Waals surface area (Å²) in [5, 5.41) is 7.75. The Hall–Kier alpha value is -0.900. The maximum atomic E-state index is 7.75. The Morgan fingerprint density at radius 2 is 1.10 bits per heavy atom. The van der Waals surface area contributed by atoms with Gasteiger partial charge in [-0.05, 0) is 12.8 Å². The summed E-state index contributed by atoms with van der Waals surface area (Å²) in [5.41, 5.74) is 6.24. The minimum Gasteiger partial charge on any atom is -0.395 e. The average Bonchev–Trinajstić information content (AvgIpc) is 2.74. The van der Waals surface area contributed by atoms with E-state index in [1.165, 1.54) is 102 Å². The lowest BCUT2D eigenvalue weighted by molar-refractivity contribution is -0.903. The first kappa shape index (κ1) is 29.1. The highest BCUT2D eigenvalue weighted by molar-refractivity contribution is 5.13. The zero-order chi connectivity index (χ0) is 22.3. The van der Waals surface area contributed by atoms with Gasteiger partial charge in [0.2, 0.25) is 0 Å². The highest BCUT2D eigenvalue weighted by Crippen LogP contribution is 2.14. The van der Waals surface area contributed by atoms with E-state index in [1.54, 1.807) is 0 Å². The molecule has 0 saturated carbocycles. The summed E-state index contributed by atoms with van der Waals surface area (Å²) >= 11 is 0. The standard InChI is InChI=1S/C25H46N.C2H7NO/c1-4-5-6-7-8-9-10-11-12-13-14-15-16-20-23-26(2,3)24-25-21-18-17-19-22-25;3-1-2-4/h17-19,21-22H,4-16,20,23-24H2,1-3H3;4H,1-3H2/q+1;. The molecule has 0 aliphatic rings. The molecule has 0 atom stereocenters. The molecule has 1 aromatic carbocycles. The molecule has 3 nitrogen and oxygen atoms in total. The number of aliphatic hydroxyl groups excluding tert-OH is 1. The molecule has 1 aromatic rings. The van der Waals surface area contributed by atoms with Crippen molar-refractivity contribution in [2.24, 2.45) is 5.73 Å². The van der Waals surface area contributed by atoms with Crippen molar-refractivity contribution < 1.29 is 9.59 Å². The predicted molar refractivity (Wildman–Crippen MR) is 134 cm³/mol. The van der Waals surface area contributed by atoms with Crippen LogP contribution in [-0.4, -0.2) is 43.4 Å². The SMILES string of the molecule is CCCCCCCCCCCCCCCC[N+](C)(C)Cc1ccccc1.NCCO. The van der Waals surface area contributed by atoms with Crippen LogP contribution in [-0.2, 0) is 6.54 Å². The molecule has 0 saturated heterocycles. The maximum absolute atomic E-state index is 7.75. The topological polar surface area (TPSA) is 46.2 Å².